The first-order chi connectivity index (χ1) is 7.75. The summed E-state index contributed by atoms with van der Waals surface area (Å²) in [5.41, 5.74) is 0. The largest absolute Gasteiger partial charge is 0.352 e. The zero-order chi connectivity index (χ0) is 11.4. The van der Waals surface area contributed by atoms with Crippen LogP contribution in [0.1, 0.15) is 13.3 Å². The van der Waals surface area contributed by atoms with Gasteiger partial charge >= 0.3 is 0 Å². The fourth-order valence-corrected chi connectivity index (χ4v) is 1.92. The van der Waals surface area contributed by atoms with E-state index in [1.165, 1.54) is 11.0 Å². The molecule has 1 amide bonds. The molecule has 0 radical (unpaired) electrons. The summed E-state index contributed by atoms with van der Waals surface area (Å²) in [5, 5.41) is 16.8. The van der Waals surface area contributed by atoms with Crippen molar-refractivity contribution in [2.45, 2.75) is 25.9 Å². The van der Waals surface area contributed by atoms with E-state index in [0.717, 1.165) is 19.5 Å². The van der Waals surface area contributed by atoms with Crippen LogP contribution in [0, 0.1) is 5.92 Å². The third-order valence-corrected chi connectivity index (χ3v) is 2.89. The Morgan fingerprint density at radius 1 is 1.75 bits per heavy atom. The molecular formula is C9H16N6O. The van der Waals surface area contributed by atoms with Crippen LogP contribution in [0.5, 0.6) is 0 Å². The lowest BCUT2D eigenvalue weighted by molar-refractivity contribution is -0.122. The van der Waals surface area contributed by atoms with Crippen LogP contribution >= 0.6 is 0 Å². The molecule has 0 spiro atoms. The molecule has 7 nitrogen and oxygen atoms in total. The van der Waals surface area contributed by atoms with E-state index < -0.39 is 0 Å². The minimum atomic E-state index is -0.0494. The average Bonchev–Trinajstić information content (AvgIpc) is 2.88. The third-order valence-electron chi connectivity index (χ3n) is 2.89. The number of carbonyl (C=O) groups excluding carboxylic acids is 1. The second kappa shape index (κ2) is 5.02. The van der Waals surface area contributed by atoms with Crippen LogP contribution in [0.3, 0.4) is 0 Å². The van der Waals surface area contributed by atoms with Crippen LogP contribution in [0.25, 0.3) is 0 Å². The lowest BCUT2D eigenvalue weighted by atomic mass is 10.0. The smallest absolute Gasteiger partial charge is 0.242 e. The quantitative estimate of drug-likeness (QED) is 0.670. The summed E-state index contributed by atoms with van der Waals surface area (Å²) in [4.78, 5) is 11.6. The lowest BCUT2D eigenvalue weighted by Crippen LogP contribution is -2.40. The molecule has 1 saturated heterocycles. The van der Waals surface area contributed by atoms with E-state index in [1.807, 2.05) is 6.92 Å². The molecule has 0 aliphatic carbocycles. The van der Waals surface area contributed by atoms with Gasteiger partial charge in [0.25, 0.3) is 0 Å². The van der Waals surface area contributed by atoms with Gasteiger partial charge in [0, 0.05) is 6.04 Å². The molecule has 88 valence electrons. The number of hydrogen-bond acceptors (Lipinski definition) is 5. The summed E-state index contributed by atoms with van der Waals surface area (Å²) in [7, 11) is 0. The molecule has 2 N–H and O–H groups in total. The SMILES string of the molecule is CC(NC(=O)Cn1cnnn1)C1CCNC1. The zero-order valence-corrected chi connectivity index (χ0v) is 9.26. The predicted octanol–water partition coefficient (Wildman–Crippen LogP) is -1.21. The number of nitrogens with zero attached hydrogens (tertiary/aromatic N) is 4. The Balaban J connectivity index is 1.78. The van der Waals surface area contributed by atoms with Crippen LogP contribution in [-0.4, -0.2) is 45.2 Å². The van der Waals surface area contributed by atoms with Crippen LogP contribution in [-0.2, 0) is 11.3 Å². The van der Waals surface area contributed by atoms with Crippen LogP contribution < -0.4 is 10.6 Å². The Hall–Kier alpha value is -1.50. The van der Waals surface area contributed by atoms with Crippen molar-refractivity contribution >= 4 is 5.91 Å². The molecule has 2 rings (SSSR count). The standard InChI is InChI=1S/C9H16N6O/c1-7(8-2-3-10-4-8)12-9(16)5-15-6-11-13-14-15/h6-8,10H,2-5H2,1H3,(H,12,16). The molecule has 0 aromatic carbocycles. The van der Waals surface area contributed by atoms with Gasteiger partial charge in [0.05, 0.1) is 0 Å². The van der Waals surface area contributed by atoms with Gasteiger partial charge in [-0.1, -0.05) is 0 Å². The highest BCUT2D eigenvalue weighted by Gasteiger charge is 2.22. The summed E-state index contributed by atoms with van der Waals surface area (Å²) in [6.07, 6.45) is 2.55. The number of rotatable bonds is 4. The van der Waals surface area contributed by atoms with Crippen molar-refractivity contribution in [1.29, 1.82) is 0 Å². The topological polar surface area (TPSA) is 84.7 Å². The Morgan fingerprint density at radius 2 is 2.62 bits per heavy atom. The number of hydrogen-bond donors (Lipinski definition) is 2. The molecule has 1 fully saturated rings. The minimum Gasteiger partial charge on any atom is -0.352 e. The molecule has 0 saturated carbocycles. The number of tetrazole rings is 1. The Morgan fingerprint density at radius 3 is 3.25 bits per heavy atom. The highest BCUT2D eigenvalue weighted by atomic mass is 16.2. The Kier molecular flexibility index (Phi) is 3.45. The summed E-state index contributed by atoms with van der Waals surface area (Å²) in [6, 6.07) is 0.194. The van der Waals surface area contributed by atoms with Crippen molar-refractivity contribution in [2.24, 2.45) is 5.92 Å². The van der Waals surface area contributed by atoms with Gasteiger partial charge in [-0.25, -0.2) is 4.68 Å². The number of nitrogens with one attached hydrogen (secondary N) is 2. The van der Waals surface area contributed by atoms with E-state index in [2.05, 4.69) is 26.2 Å². The summed E-state index contributed by atoms with van der Waals surface area (Å²) in [6.45, 7) is 4.23. The van der Waals surface area contributed by atoms with E-state index in [4.69, 9.17) is 0 Å². The summed E-state index contributed by atoms with van der Waals surface area (Å²) < 4.78 is 1.41. The average molecular weight is 224 g/mol. The first-order valence-corrected chi connectivity index (χ1v) is 5.46. The second-order valence-electron chi connectivity index (χ2n) is 4.12. The van der Waals surface area contributed by atoms with E-state index in [1.54, 1.807) is 0 Å². The molecule has 1 aliphatic rings. The van der Waals surface area contributed by atoms with Crippen molar-refractivity contribution in [3.05, 3.63) is 6.33 Å². The maximum absolute atomic E-state index is 11.6. The maximum Gasteiger partial charge on any atom is 0.242 e. The highest BCUT2D eigenvalue weighted by Crippen LogP contribution is 2.11. The maximum atomic E-state index is 11.6. The Labute approximate surface area is 93.6 Å². The van der Waals surface area contributed by atoms with Gasteiger partial charge < -0.3 is 10.6 Å². The van der Waals surface area contributed by atoms with Crippen molar-refractivity contribution in [3.63, 3.8) is 0 Å². The van der Waals surface area contributed by atoms with Crippen LogP contribution in [0.4, 0.5) is 0 Å². The van der Waals surface area contributed by atoms with Gasteiger partial charge in [-0.05, 0) is 42.8 Å². The Bertz CT molecular complexity index is 332. The first kappa shape index (κ1) is 11.0. The van der Waals surface area contributed by atoms with E-state index in [9.17, 15) is 4.79 Å². The monoisotopic (exact) mass is 224 g/mol. The number of amides is 1. The molecule has 1 aliphatic heterocycles. The number of aromatic nitrogens is 4. The second-order valence-corrected chi connectivity index (χ2v) is 4.12. The van der Waals surface area contributed by atoms with E-state index >= 15 is 0 Å². The third kappa shape index (κ3) is 2.75. The van der Waals surface area contributed by atoms with Gasteiger partial charge in [0.2, 0.25) is 5.91 Å². The van der Waals surface area contributed by atoms with Gasteiger partial charge in [-0.15, -0.1) is 5.10 Å². The van der Waals surface area contributed by atoms with Crippen molar-refractivity contribution in [1.82, 2.24) is 30.8 Å². The minimum absolute atomic E-state index is 0.0494. The summed E-state index contributed by atoms with van der Waals surface area (Å²) >= 11 is 0. The van der Waals surface area contributed by atoms with Crippen molar-refractivity contribution in [3.8, 4) is 0 Å². The van der Waals surface area contributed by atoms with Crippen LogP contribution in [0.2, 0.25) is 0 Å². The van der Waals surface area contributed by atoms with Crippen molar-refractivity contribution < 1.29 is 4.79 Å². The van der Waals surface area contributed by atoms with Crippen LogP contribution in [0.15, 0.2) is 6.33 Å². The summed E-state index contributed by atoms with van der Waals surface area (Å²) in [5.74, 6) is 0.476. The molecule has 2 heterocycles. The molecule has 1 aromatic rings. The lowest BCUT2D eigenvalue weighted by Gasteiger charge is -2.19. The predicted molar refractivity (Wildman–Crippen MR) is 56.4 cm³/mol. The molecular weight excluding hydrogens is 208 g/mol. The van der Waals surface area contributed by atoms with Crippen molar-refractivity contribution in [2.75, 3.05) is 13.1 Å². The van der Waals surface area contributed by atoms with Gasteiger partial charge in [0.15, 0.2) is 0 Å². The molecule has 2 atom stereocenters. The molecule has 2 unspecified atom stereocenters. The number of carbonyl (C=O) groups is 1. The van der Waals surface area contributed by atoms with Gasteiger partial charge in [0.1, 0.15) is 12.9 Å². The van der Waals surface area contributed by atoms with Gasteiger partial charge in [-0.3, -0.25) is 4.79 Å². The zero-order valence-electron chi connectivity index (χ0n) is 9.26. The fourth-order valence-electron chi connectivity index (χ4n) is 1.92. The molecule has 1 aromatic heterocycles. The molecule has 7 heteroatoms. The van der Waals surface area contributed by atoms with E-state index in [0.29, 0.717) is 5.92 Å². The molecule has 16 heavy (non-hydrogen) atoms. The van der Waals surface area contributed by atoms with Gasteiger partial charge in [-0.2, -0.15) is 0 Å². The fraction of sp³-hybridized carbons (Fsp3) is 0.778. The molecule has 0 bridgehead atoms. The van der Waals surface area contributed by atoms with E-state index in [-0.39, 0.29) is 18.5 Å². The highest BCUT2D eigenvalue weighted by molar-refractivity contribution is 5.75. The normalized spacial score (nSPS) is 21.9. The first-order valence-electron chi connectivity index (χ1n) is 5.46.